The Labute approximate surface area is 123 Å². The standard InChI is InChI=1S/C16H17NO2S/c1-12-6-5-9-14(17-12)10-15(20-11-16(18)19)13-7-3-2-4-8-13/h2-9,15H,10-11H2,1H3,(H,18,19). The van der Waals surface area contributed by atoms with E-state index >= 15 is 0 Å². The van der Waals surface area contributed by atoms with Crippen molar-refractivity contribution < 1.29 is 9.90 Å². The summed E-state index contributed by atoms with van der Waals surface area (Å²) in [5.41, 5.74) is 3.12. The minimum atomic E-state index is -0.784. The van der Waals surface area contributed by atoms with Crippen LogP contribution >= 0.6 is 11.8 Å². The predicted molar refractivity (Wildman–Crippen MR) is 82.0 cm³/mol. The van der Waals surface area contributed by atoms with Crippen molar-refractivity contribution in [2.45, 2.75) is 18.6 Å². The van der Waals surface area contributed by atoms with Gasteiger partial charge in [-0.15, -0.1) is 11.8 Å². The van der Waals surface area contributed by atoms with Gasteiger partial charge in [0.25, 0.3) is 0 Å². The molecule has 4 heteroatoms. The Morgan fingerprint density at radius 3 is 2.60 bits per heavy atom. The molecule has 0 fully saturated rings. The van der Waals surface area contributed by atoms with Crippen LogP contribution in [0.1, 0.15) is 22.2 Å². The first kappa shape index (κ1) is 14.6. The van der Waals surface area contributed by atoms with Crippen LogP contribution in [-0.2, 0) is 11.2 Å². The molecule has 3 nitrogen and oxygen atoms in total. The predicted octanol–water partition coefficient (Wildman–Crippen LogP) is 3.49. The third-order valence-corrected chi connectivity index (χ3v) is 4.17. The van der Waals surface area contributed by atoms with E-state index in [1.54, 1.807) is 0 Å². The van der Waals surface area contributed by atoms with Gasteiger partial charge in [0.15, 0.2) is 0 Å². The Morgan fingerprint density at radius 2 is 1.95 bits per heavy atom. The molecule has 0 radical (unpaired) electrons. The van der Waals surface area contributed by atoms with E-state index in [9.17, 15) is 4.79 Å². The first-order valence-electron chi connectivity index (χ1n) is 6.46. The average Bonchev–Trinajstić information content (AvgIpc) is 2.44. The molecule has 0 saturated carbocycles. The van der Waals surface area contributed by atoms with E-state index in [-0.39, 0.29) is 11.0 Å². The molecule has 0 bridgehead atoms. The second-order valence-electron chi connectivity index (χ2n) is 4.58. The van der Waals surface area contributed by atoms with Crippen molar-refractivity contribution in [3.63, 3.8) is 0 Å². The summed E-state index contributed by atoms with van der Waals surface area (Å²) in [5.74, 6) is -0.682. The topological polar surface area (TPSA) is 50.2 Å². The number of nitrogens with zero attached hydrogens (tertiary/aromatic N) is 1. The van der Waals surface area contributed by atoms with E-state index in [0.717, 1.165) is 23.4 Å². The first-order valence-corrected chi connectivity index (χ1v) is 7.51. The number of carboxylic acid groups (broad SMARTS) is 1. The molecular weight excluding hydrogens is 270 g/mol. The van der Waals surface area contributed by atoms with E-state index in [1.807, 2.05) is 55.5 Å². The van der Waals surface area contributed by atoms with Crippen LogP contribution in [0.3, 0.4) is 0 Å². The number of benzene rings is 1. The number of rotatable bonds is 6. The van der Waals surface area contributed by atoms with E-state index in [0.29, 0.717) is 0 Å². The summed E-state index contributed by atoms with van der Waals surface area (Å²) < 4.78 is 0. The molecular formula is C16H17NO2S. The van der Waals surface area contributed by atoms with Crippen LogP contribution < -0.4 is 0 Å². The SMILES string of the molecule is Cc1cccc(CC(SCC(=O)O)c2ccccc2)n1. The molecule has 0 aliphatic carbocycles. The highest BCUT2D eigenvalue weighted by atomic mass is 32.2. The molecule has 1 aromatic carbocycles. The average molecular weight is 287 g/mol. The maximum absolute atomic E-state index is 10.8. The van der Waals surface area contributed by atoms with Crippen LogP contribution in [0.15, 0.2) is 48.5 Å². The van der Waals surface area contributed by atoms with Crippen molar-refractivity contribution in [2.75, 3.05) is 5.75 Å². The fourth-order valence-corrected chi connectivity index (χ4v) is 3.00. The van der Waals surface area contributed by atoms with Gasteiger partial charge < -0.3 is 5.11 Å². The number of carbonyl (C=O) groups is 1. The highest BCUT2D eigenvalue weighted by molar-refractivity contribution is 8.00. The van der Waals surface area contributed by atoms with Gasteiger partial charge in [-0.3, -0.25) is 9.78 Å². The maximum Gasteiger partial charge on any atom is 0.313 e. The lowest BCUT2D eigenvalue weighted by atomic mass is 10.1. The molecule has 2 rings (SSSR count). The van der Waals surface area contributed by atoms with Gasteiger partial charge in [0.2, 0.25) is 0 Å². The van der Waals surface area contributed by atoms with Crippen molar-refractivity contribution >= 4 is 17.7 Å². The fourth-order valence-electron chi connectivity index (χ4n) is 2.02. The number of hydrogen-bond acceptors (Lipinski definition) is 3. The Morgan fingerprint density at radius 1 is 1.20 bits per heavy atom. The summed E-state index contributed by atoms with van der Waals surface area (Å²) in [7, 11) is 0. The molecule has 0 spiro atoms. The number of pyridine rings is 1. The molecule has 0 aliphatic heterocycles. The summed E-state index contributed by atoms with van der Waals surface area (Å²) in [5, 5.41) is 9.00. The van der Waals surface area contributed by atoms with Crippen LogP contribution in [0, 0.1) is 6.92 Å². The number of thioether (sulfide) groups is 1. The zero-order valence-corrected chi connectivity index (χ0v) is 12.1. The van der Waals surface area contributed by atoms with Gasteiger partial charge in [-0.2, -0.15) is 0 Å². The second kappa shape index (κ2) is 7.10. The molecule has 20 heavy (non-hydrogen) atoms. The van der Waals surface area contributed by atoms with E-state index in [4.69, 9.17) is 5.11 Å². The molecule has 104 valence electrons. The smallest absolute Gasteiger partial charge is 0.313 e. The van der Waals surface area contributed by atoms with Gasteiger partial charge in [0.05, 0.1) is 5.75 Å². The Hall–Kier alpha value is -1.81. The fraction of sp³-hybridized carbons (Fsp3) is 0.250. The quantitative estimate of drug-likeness (QED) is 0.883. The number of aryl methyl sites for hydroxylation is 1. The Balaban J connectivity index is 2.16. The highest BCUT2D eigenvalue weighted by Gasteiger charge is 2.15. The monoisotopic (exact) mass is 287 g/mol. The number of hydrogen-bond donors (Lipinski definition) is 1. The summed E-state index contributed by atoms with van der Waals surface area (Å²) in [4.78, 5) is 15.3. The zero-order valence-electron chi connectivity index (χ0n) is 11.3. The third-order valence-electron chi connectivity index (χ3n) is 2.92. The van der Waals surface area contributed by atoms with Gasteiger partial charge in [-0.1, -0.05) is 36.4 Å². The van der Waals surface area contributed by atoms with Crippen LogP contribution in [0.2, 0.25) is 0 Å². The normalized spacial score (nSPS) is 12.1. The molecule has 1 atom stereocenters. The van der Waals surface area contributed by atoms with Crippen LogP contribution in [-0.4, -0.2) is 21.8 Å². The minimum absolute atomic E-state index is 0.103. The lowest BCUT2D eigenvalue weighted by molar-refractivity contribution is -0.133. The van der Waals surface area contributed by atoms with Gasteiger partial charge in [-0.05, 0) is 24.6 Å². The molecule has 2 aromatic rings. The van der Waals surface area contributed by atoms with Gasteiger partial charge in [-0.25, -0.2) is 0 Å². The minimum Gasteiger partial charge on any atom is -0.481 e. The van der Waals surface area contributed by atoms with Gasteiger partial charge >= 0.3 is 5.97 Å². The largest absolute Gasteiger partial charge is 0.481 e. The number of aromatic nitrogens is 1. The molecule has 1 unspecified atom stereocenters. The van der Waals surface area contributed by atoms with Crippen molar-refractivity contribution in [1.82, 2.24) is 4.98 Å². The number of carboxylic acids is 1. The summed E-state index contributed by atoms with van der Waals surface area (Å²) in [6.07, 6.45) is 0.740. The van der Waals surface area contributed by atoms with Crippen molar-refractivity contribution in [3.8, 4) is 0 Å². The first-order chi connectivity index (χ1) is 9.65. The van der Waals surface area contributed by atoms with Crippen LogP contribution in [0.4, 0.5) is 0 Å². The summed E-state index contributed by atoms with van der Waals surface area (Å²) >= 11 is 1.44. The molecule has 0 amide bonds. The second-order valence-corrected chi connectivity index (χ2v) is 5.77. The molecule has 1 heterocycles. The van der Waals surface area contributed by atoms with E-state index < -0.39 is 5.97 Å². The lowest BCUT2D eigenvalue weighted by Gasteiger charge is -2.16. The van der Waals surface area contributed by atoms with Crippen molar-refractivity contribution in [2.24, 2.45) is 0 Å². The highest BCUT2D eigenvalue weighted by Crippen LogP contribution is 2.31. The molecule has 0 saturated heterocycles. The lowest BCUT2D eigenvalue weighted by Crippen LogP contribution is -2.06. The van der Waals surface area contributed by atoms with Crippen molar-refractivity contribution in [1.29, 1.82) is 0 Å². The van der Waals surface area contributed by atoms with Crippen molar-refractivity contribution in [3.05, 3.63) is 65.5 Å². The third kappa shape index (κ3) is 4.38. The Bertz CT molecular complexity index is 572. The summed E-state index contributed by atoms with van der Waals surface area (Å²) in [6, 6.07) is 15.9. The van der Waals surface area contributed by atoms with Crippen LogP contribution in [0.5, 0.6) is 0 Å². The number of aliphatic carboxylic acids is 1. The molecule has 0 aliphatic rings. The summed E-state index contributed by atoms with van der Waals surface area (Å²) in [6.45, 7) is 1.96. The van der Waals surface area contributed by atoms with Gasteiger partial charge in [0, 0.05) is 23.1 Å². The maximum atomic E-state index is 10.8. The zero-order chi connectivity index (χ0) is 14.4. The van der Waals surface area contributed by atoms with Gasteiger partial charge in [0.1, 0.15) is 0 Å². The van der Waals surface area contributed by atoms with E-state index in [2.05, 4.69) is 4.98 Å². The Kier molecular flexibility index (Phi) is 5.18. The molecule has 1 N–H and O–H groups in total. The molecule has 1 aromatic heterocycles. The van der Waals surface area contributed by atoms with E-state index in [1.165, 1.54) is 11.8 Å². The van der Waals surface area contributed by atoms with Crippen LogP contribution in [0.25, 0.3) is 0 Å².